The third kappa shape index (κ3) is 2.27. The smallest absolute Gasteiger partial charge is 0.335 e. The number of benzene rings is 1. The first kappa shape index (κ1) is 14.5. The van der Waals surface area contributed by atoms with Gasteiger partial charge in [-0.25, -0.2) is 9.10 Å². The zero-order valence-corrected chi connectivity index (χ0v) is 11.8. The fraction of sp³-hybridized carbons (Fsp3) is 0.333. The summed E-state index contributed by atoms with van der Waals surface area (Å²) in [5.41, 5.74) is 0.592. The Labute approximate surface area is 116 Å². The molecule has 1 fully saturated rings. The van der Waals surface area contributed by atoms with E-state index in [1.165, 1.54) is 32.2 Å². The maximum absolute atomic E-state index is 12.1. The predicted octanol–water partition coefficient (Wildman–Crippen LogP) is 0.292. The number of carboxylic acid groups (broad SMARTS) is 1. The van der Waals surface area contributed by atoms with Crippen molar-refractivity contribution in [2.45, 2.75) is 19.5 Å². The zero-order chi connectivity index (χ0) is 15.1. The summed E-state index contributed by atoms with van der Waals surface area (Å²) in [7, 11) is -2.62. The summed E-state index contributed by atoms with van der Waals surface area (Å²) in [6.07, 6.45) is 0. The molecule has 20 heavy (non-hydrogen) atoms. The van der Waals surface area contributed by atoms with Gasteiger partial charge in [0.25, 0.3) is 5.91 Å². The Morgan fingerprint density at radius 2 is 2.05 bits per heavy atom. The molecular weight excluding hydrogens is 284 g/mol. The van der Waals surface area contributed by atoms with Crippen molar-refractivity contribution in [2.75, 3.05) is 7.05 Å². The number of nitrogens with zero attached hydrogens (tertiary/aromatic N) is 2. The van der Waals surface area contributed by atoms with Gasteiger partial charge in [0, 0.05) is 13.6 Å². The van der Waals surface area contributed by atoms with Crippen LogP contribution in [-0.4, -0.2) is 47.1 Å². The van der Waals surface area contributed by atoms with E-state index in [4.69, 9.17) is 5.11 Å². The zero-order valence-electron chi connectivity index (χ0n) is 11.0. The Kier molecular flexibility index (Phi) is 3.53. The molecular formula is C12H14N2O5S. The Hall–Kier alpha value is -1.93. The molecule has 1 saturated heterocycles. The second-order valence-corrected chi connectivity index (χ2v) is 6.45. The van der Waals surface area contributed by atoms with Crippen LogP contribution in [0.2, 0.25) is 0 Å². The van der Waals surface area contributed by atoms with Crippen LogP contribution in [0.15, 0.2) is 24.3 Å². The molecule has 0 radical (unpaired) electrons. The predicted molar refractivity (Wildman–Crippen MR) is 70.1 cm³/mol. The molecule has 1 aliphatic rings. The minimum atomic E-state index is -3.83. The van der Waals surface area contributed by atoms with Crippen LogP contribution in [0.1, 0.15) is 22.8 Å². The molecule has 1 aliphatic heterocycles. The molecule has 0 saturated carbocycles. The molecule has 108 valence electrons. The molecule has 2 rings (SSSR count). The number of hydrogen-bond acceptors (Lipinski definition) is 4. The molecule has 1 heterocycles. The van der Waals surface area contributed by atoms with Gasteiger partial charge in [-0.15, -0.1) is 0 Å². The Morgan fingerprint density at radius 1 is 1.40 bits per heavy atom. The molecule has 0 aliphatic carbocycles. The number of aromatic carboxylic acids is 1. The highest BCUT2D eigenvalue weighted by Gasteiger charge is 2.45. The lowest BCUT2D eigenvalue weighted by Gasteiger charge is -2.17. The van der Waals surface area contributed by atoms with Crippen molar-refractivity contribution in [1.29, 1.82) is 0 Å². The summed E-state index contributed by atoms with van der Waals surface area (Å²) in [6.45, 7) is 1.46. The third-order valence-corrected chi connectivity index (χ3v) is 5.16. The van der Waals surface area contributed by atoms with E-state index in [-0.39, 0.29) is 12.1 Å². The van der Waals surface area contributed by atoms with Gasteiger partial charge < -0.3 is 5.11 Å². The van der Waals surface area contributed by atoms with Gasteiger partial charge in [0.05, 0.1) is 5.56 Å². The van der Waals surface area contributed by atoms with Gasteiger partial charge in [-0.05, 0) is 24.6 Å². The van der Waals surface area contributed by atoms with Gasteiger partial charge in [0.15, 0.2) is 0 Å². The van der Waals surface area contributed by atoms with Crippen molar-refractivity contribution < 1.29 is 23.1 Å². The van der Waals surface area contributed by atoms with Gasteiger partial charge in [0.1, 0.15) is 6.04 Å². The third-order valence-electron chi connectivity index (χ3n) is 3.25. The molecule has 7 nitrogen and oxygen atoms in total. The standard InChI is InChI=1S/C12H14N2O5S/c1-8-11(15)13(2)20(18,19)14(8)7-9-4-3-5-10(6-9)12(16)17/h3-6,8H,7H2,1-2H3,(H,16,17). The van der Waals surface area contributed by atoms with Gasteiger partial charge in [-0.1, -0.05) is 12.1 Å². The summed E-state index contributed by atoms with van der Waals surface area (Å²) in [4.78, 5) is 22.6. The average Bonchev–Trinajstić information content (AvgIpc) is 2.54. The number of rotatable bonds is 3. The molecule has 1 N–H and O–H groups in total. The van der Waals surface area contributed by atoms with Gasteiger partial charge in [-0.2, -0.15) is 12.7 Å². The molecule has 0 spiro atoms. The molecule has 1 amide bonds. The largest absolute Gasteiger partial charge is 0.478 e. The highest BCUT2D eigenvalue weighted by atomic mass is 32.2. The monoisotopic (exact) mass is 298 g/mol. The highest BCUT2D eigenvalue weighted by molar-refractivity contribution is 7.87. The molecule has 1 aromatic carbocycles. The summed E-state index contributed by atoms with van der Waals surface area (Å²) in [5.74, 6) is -1.59. The molecule has 8 heteroatoms. The summed E-state index contributed by atoms with van der Waals surface area (Å²) >= 11 is 0. The SMILES string of the molecule is CC1C(=O)N(C)S(=O)(=O)N1Cc1cccc(C(=O)O)c1. The maximum atomic E-state index is 12.1. The van der Waals surface area contributed by atoms with Gasteiger partial charge in [-0.3, -0.25) is 4.79 Å². The van der Waals surface area contributed by atoms with Crippen molar-refractivity contribution in [3.63, 3.8) is 0 Å². The lowest BCUT2D eigenvalue weighted by molar-refractivity contribution is -0.126. The van der Waals surface area contributed by atoms with Crippen LogP contribution < -0.4 is 0 Å². The number of carboxylic acids is 1. The normalized spacial score (nSPS) is 22.2. The van der Waals surface area contributed by atoms with Crippen LogP contribution in [0, 0.1) is 0 Å². The summed E-state index contributed by atoms with van der Waals surface area (Å²) in [6, 6.07) is 5.19. The van der Waals surface area contributed by atoms with Gasteiger partial charge in [0.2, 0.25) is 0 Å². The van der Waals surface area contributed by atoms with Crippen molar-refractivity contribution in [1.82, 2.24) is 8.61 Å². The Balaban J connectivity index is 2.32. The number of hydrogen-bond donors (Lipinski definition) is 1. The van der Waals surface area contributed by atoms with Crippen molar-refractivity contribution >= 4 is 22.1 Å². The number of amides is 1. The number of carbonyl (C=O) groups is 2. The van der Waals surface area contributed by atoms with E-state index in [1.807, 2.05) is 0 Å². The van der Waals surface area contributed by atoms with E-state index in [1.54, 1.807) is 6.07 Å². The topological polar surface area (TPSA) is 95.0 Å². The first-order valence-corrected chi connectivity index (χ1v) is 7.26. The lowest BCUT2D eigenvalue weighted by Crippen LogP contribution is -2.33. The fourth-order valence-electron chi connectivity index (χ4n) is 2.06. The number of carbonyl (C=O) groups excluding carboxylic acids is 1. The second-order valence-electron chi connectivity index (χ2n) is 4.54. The van der Waals surface area contributed by atoms with E-state index in [0.29, 0.717) is 9.87 Å². The maximum Gasteiger partial charge on any atom is 0.335 e. The van der Waals surface area contributed by atoms with Crippen LogP contribution >= 0.6 is 0 Å². The van der Waals surface area contributed by atoms with Crippen molar-refractivity contribution in [3.8, 4) is 0 Å². The van der Waals surface area contributed by atoms with Crippen LogP contribution in [-0.2, 0) is 21.5 Å². The van der Waals surface area contributed by atoms with E-state index < -0.39 is 28.1 Å². The Morgan fingerprint density at radius 3 is 2.55 bits per heavy atom. The lowest BCUT2D eigenvalue weighted by atomic mass is 10.1. The van der Waals surface area contributed by atoms with Crippen molar-refractivity contribution in [2.24, 2.45) is 0 Å². The van der Waals surface area contributed by atoms with E-state index in [0.717, 1.165) is 4.31 Å². The average molecular weight is 298 g/mol. The fourth-order valence-corrected chi connectivity index (χ4v) is 3.55. The highest BCUT2D eigenvalue weighted by Crippen LogP contribution is 2.24. The minimum absolute atomic E-state index is 0.0410. The molecule has 1 aromatic rings. The van der Waals surface area contributed by atoms with E-state index >= 15 is 0 Å². The molecule has 1 atom stereocenters. The molecule has 0 bridgehead atoms. The van der Waals surface area contributed by atoms with Crippen LogP contribution in [0.3, 0.4) is 0 Å². The molecule has 1 unspecified atom stereocenters. The summed E-state index contributed by atoms with van der Waals surface area (Å²) in [5, 5.41) is 8.91. The summed E-state index contributed by atoms with van der Waals surface area (Å²) < 4.78 is 25.9. The first-order chi connectivity index (χ1) is 9.25. The van der Waals surface area contributed by atoms with E-state index in [2.05, 4.69) is 0 Å². The van der Waals surface area contributed by atoms with Crippen LogP contribution in [0.25, 0.3) is 0 Å². The Bertz CT molecular complexity index is 670. The second kappa shape index (κ2) is 4.88. The molecule has 0 aromatic heterocycles. The van der Waals surface area contributed by atoms with E-state index in [9.17, 15) is 18.0 Å². The van der Waals surface area contributed by atoms with Crippen molar-refractivity contribution in [3.05, 3.63) is 35.4 Å². The van der Waals surface area contributed by atoms with Crippen LogP contribution in [0.5, 0.6) is 0 Å². The van der Waals surface area contributed by atoms with Gasteiger partial charge >= 0.3 is 16.2 Å². The first-order valence-electron chi connectivity index (χ1n) is 5.87. The quantitative estimate of drug-likeness (QED) is 0.865. The minimum Gasteiger partial charge on any atom is -0.478 e. The van der Waals surface area contributed by atoms with Crippen LogP contribution in [0.4, 0.5) is 0 Å². The number of likely N-dealkylation sites (N-methyl/N-ethyl adjacent to an activating group) is 1.